The van der Waals surface area contributed by atoms with Crippen molar-refractivity contribution in [3.8, 4) is 0 Å². The van der Waals surface area contributed by atoms with E-state index in [1.165, 1.54) is 17.9 Å². The van der Waals surface area contributed by atoms with Crippen LogP contribution in [0, 0.1) is 0 Å². The molecule has 1 atom stereocenters. The maximum atomic E-state index is 12.4. The monoisotopic (exact) mass is 329 g/mol. The molecule has 1 aromatic carbocycles. The predicted octanol–water partition coefficient (Wildman–Crippen LogP) is 2.37. The van der Waals surface area contributed by atoms with Crippen LogP contribution in [-0.2, 0) is 14.3 Å². The number of ether oxygens (including phenoxy) is 1. The first-order valence-corrected chi connectivity index (χ1v) is 8.57. The Morgan fingerprint density at radius 3 is 2.38 bits per heavy atom. The van der Waals surface area contributed by atoms with Crippen molar-refractivity contribution >= 4 is 23.3 Å². The van der Waals surface area contributed by atoms with Crippen molar-refractivity contribution in [2.75, 3.05) is 5.01 Å². The summed E-state index contributed by atoms with van der Waals surface area (Å²) in [6.07, 6.45) is 6.52. The molecule has 0 unspecified atom stereocenters. The molecule has 2 aliphatic rings. The average molecular weight is 329 g/mol. The van der Waals surface area contributed by atoms with E-state index >= 15 is 0 Å². The number of nitrogens with zero attached hydrogens (tertiary/aromatic N) is 2. The summed E-state index contributed by atoms with van der Waals surface area (Å²) in [7, 11) is 0. The second kappa shape index (κ2) is 7.47. The first-order valence-electron chi connectivity index (χ1n) is 8.57. The van der Waals surface area contributed by atoms with Crippen LogP contribution in [0.4, 0.5) is 5.69 Å². The molecule has 1 aliphatic heterocycles. The summed E-state index contributed by atoms with van der Waals surface area (Å²) in [4.78, 5) is 24.2. The third-order valence-electron chi connectivity index (χ3n) is 4.57. The number of benzene rings is 1. The van der Waals surface area contributed by atoms with Gasteiger partial charge in [-0.2, -0.15) is 5.10 Å². The van der Waals surface area contributed by atoms with Crippen molar-refractivity contribution in [2.24, 2.45) is 10.8 Å². The Hall–Kier alpha value is -2.37. The van der Waals surface area contributed by atoms with E-state index in [0.717, 1.165) is 31.4 Å². The average Bonchev–Trinajstić information content (AvgIpc) is 2.89. The van der Waals surface area contributed by atoms with Crippen molar-refractivity contribution in [2.45, 2.75) is 57.1 Å². The third-order valence-corrected chi connectivity index (χ3v) is 4.57. The number of carbonyl (C=O) groups excluding carboxylic acids is 2. The van der Waals surface area contributed by atoms with Gasteiger partial charge in [0.15, 0.2) is 0 Å². The Labute approximate surface area is 141 Å². The highest BCUT2D eigenvalue weighted by Gasteiger charge is 2.36. The molecule has 128 valence electrons. The molecule has 6 nitrogen and oxygen atoms in total. The second-order valence-corrected chi connectivity index (χ2v) is 6.37. The predicted molar refractivity (Wildman–Crippen MR) is 91.5 cm³/mol. The molecule has 2 N–H and O–H groups in total. The highest BCUT2D eigenvalue weighted by atomic mass is 16.5. The number of rotatable bonds is 4. The summed E-state index contributed by atoms with van der Waals surface area (Å²) < 4.78 is 5.62. The number of anilines is 1. The van der Waals surface area contributed by atoms with Gasteiger partial charge >= 0.3 is 5.97 Å². The summed E-state index contributed by atoms with van der Waals surface area (Å²) in [5.74, 6) is -0.925. The first kappa shape index (κ1) is 16.5. The van der Waals surface area contributed by atoms with Gasteiger partial charge in [0.1, 0.15) is 17.9 Å². The number of hydrogen-bond acceptors (Lipinski definition) is 5. The minimum atomic E-state index is -0.649. The van der Waals surface area contributed by atoms with Gasteiger partial charge in [0, 0.05) is 6.42 Å². The number of hydrazone groups is 1. The van der Waals surface area contributed by atoms with E-state index in [1.54, 1.807) is 0 Å². The SMILES string of the molecule is NC(=O)[C@@H]1CC(C(=O)OC2CCCCCC2)=NN1c1ccccc1. The number of amides is 1. The Kier molecular flexibility index (Phi) is 5.13. The Balaban J connectivity index is 1.72. The molecule has 1 aliphatic carbocycles. The van der Waals surface area contributed by atoms with Gasteiger partial charge in [-0.3, -0.25) is 9.80 Å². The minimum absolute atomic E-state index is 0.0412. The van der Waals surface area contributed by atoms with Crippen LogP contribution in [0.1, 0.15) is 44.9 Å². The van der Waals surface area contributed by atoms with Gasteiger partial charge in [-0.25, -0.2) is 4.79 Å². The molecule has 1 saturated carbocycles. The van der Waals surface area contributed by atoms with Crippen LogP contribution in [0.5, 0.6) is 0 Å². The molecule has 0 saturated heterocycles. The number of primary amides is 1. The zero-order chi connectivity index (χ0) is 16.9. The smallest absolute Gasteiger partial charge is 0.354 e. The first-order chi connectivity index (χ1) is 11.6. The van der Waals surface area contributed by atoms with Gasteiger partial charge in [-0.05, 0) is 37.8 Å². The van der Waals surface area contributed by atoms with Crippen LogP contribution in [-0.4, -0.2) is 29.7 Å². The van der Waals surface area contributed by atoms with E-state index < -0.39 is 17.9 Å². The van der Waals surface area contributed by atoms with E-state index in [4.69, 9.17) is 10.5 Å². The molecule has 1 amide bonds. The molecular weight excluding hydrogens is 306 g/mol. The number of nitrogens with two attached hydrogens (primary N) is 1. The summed E-state index contributed by atoms with van der Waals surface area (Å²) in [6.45, 7) is 0. The quantitative estimate of drug-likeness (QED) is 0.679. The number of esters is 1. The zero-order valence-corrected chi connectivity index (χ0v) is 13.7. The van der Waals surface area contributed by atoms with Gasteiger partial charge in [-0.1, -0.05) is 31.0 Å². The summed E-state index contributed by atoms with van der Waals surface area (Å²) >= 11 is 0. The van der Waals surface area contributed by atoms with E-state index in [0.29, 0.717) is 0 Å². The normalized spacial score (nSPS) is 21.9. The lowest BCUT2D eigenvalue weighted by Gasteiger charge is -2.20. The van der Waals surface area contributed by atoms with E-state index in [-0.39, 0.29) is 18.2 Å². The molecule has 0 aromatic heterocycles. The molecule has 0 spiro atoms. The molecule has 0 bridgehead atoms. The number of para-hydroxylation sites is 1. The van der Waals surface area contributed by atoms with E-state index in [1.807, 2.05) is 30.3 Å². The standard InChI is InChI=1S/C18H23N3O3/c19-17(22)16-12-15(20-21(16)13-8-4-3-5-9-13)18(23)24-14-10-6-1-2-7-11-14/h3-5,8-9,14,16H,1-2,6-7,10-12H2,(H2,19,22)/t16-/m0/s1. The van der Waals surface area contributed by atoms with Gasteiger partial charge in [0.25, 0.3) is 0 Å². The minimum Gasteiger partial charge on any atom is -0.458 e. The lowest BCUT2D eigenvalue weighted by atomic mass is 10.1. The van der Waals surface area contributed by atoms with E-state index in [2.05, 4.69) is 5.10 Å². The molecule has 3 rings (SSSR count). The molecule has 1 aromatic rings. The van der Waals surface area contributed by atoms with Gasteiger partial charge in [0.2, 0.25) is 5.91 Å². The van der Waals surface area contributed by atoms with Crippen molar-refractivity contribution in [1.82, 2.24) is 0 Å². The Bertz CT molecular complexity index is 622. The number of carbonyl (C=O) groups is 2. The van der Waals surface area contributed by atoms with Gasteiger partial charge in [-0.15, -0.1) is 0 Å². The van der Waals surface area contributed by atoms with Crippen LogP contribution in [0.15, 0.2) is 35.4 Å². The van der Waals surface area contributed by atoms with Crippen LogP contribution in [0.2, 0.25) is 0 Å². The summed E-state index contributed by atoms with van der Waals surface area (Å²) in [5, 5.41) is 5.84. The van der Waals surface area contributed by atoms with Crippen molar-refractivity contribution in [1.29, 1.82) is 0 Å². The topological polar surface area (TPSA) is 85.0 Å². The third kappa shape index (κ3) is 3.75. The highest BCUT2D eigenvalue weighted by Crippen LogP contribution is 2.26. The number of hydrogen-bond donors (Lipinski definition) is 1. The maximum Gasteiger partial charge on any atom is 0.354 e. The molecular formula is C18H23N3O3. The van der Waals surface area contributed by atoms with Crippen LogP contribution in [0.25, 0.3) is 0 Å². The second-order valence-electron chi connectivity index (χ2n) is 6.37. The highest BCUT2D eigenvalue weighted by molar-refractivity contribution is 6.38. The Morgan fingerprint density at radius 2 is 1.75 bits per heavy atom. The lowest BCUT2D eigenvalue weighted by Crippen LogP contribution is -2.39. The molecule has 0 radical (unpaired) electrons. The van der Waals surface area contributed by atoms with Crippen LogP contribution < -0.4 is 10.7 Å². The fourth-order valence-corrected chi connectivity index (χ4v) is 3.25. The van der Waals surface area contributed by atoms with E-state index in [9.17, 15) is 9.59 Å². The fraction of sp³-hybridized carbons (Fsp3) is 0.500. The Morgan fingerprint density at radius 1 is 1.08 bits per heavy atom. The van der Waals surface area contributed by atoms with Crippen molar-refractivity contribution < 1.29 is 14.3 Å². The van der Waals surface area contributed by atoms with Crippen LogP contribution in [0.3, 0.4) is 0 Å². The maximum absolute atomic E-state index is 12.4. The molecule has 1 heterocycles. The molecule has 6 heteroatoms. The van der Waals surface area contributed by atoms with Crippen LogP contribution >= 0.6 is 0 Å². The van der Waals surface area contributed by atoms with Crippen molar-refractivity contribution in [3.05, 3.63) is 30.3 Å². The fourth-order valence-electron chi connectivity index (χ4n) is 3.25. The molecule has 24 heavy (non-hydrogen) atoms. The molecule has 1 fully saturated rings. The van der Waals surface area contributed by atoms with Gasteiger partial charge < -0.3 is 10.5 Å². The van der Waals surface area contributed by atoms with Gasteiger partial charge in [0.05, 0.1) is 5.69 Å². The van der Waals surface area contributed by atoms with Crippen molar-refractivity contribution in [3.63, 3.8) is 0 Å². The summed E-state index contributed by atoms with van der Waals surface area (Å²) in [6, 6.07) is 8.60. The largest absolute Gasteiger partial charge is 0.458 e. The summed E-state index contributed by atoms with van der Waals surface area (Å²) in [5.41, 5.74) is 6.49. The zero-order valence-electron chi connectivity index (χ0n) is 13.7. The lowest BCUT2D eigenvalue weighted by molar-refractivity contribution is -0.141.